The average Bonchev–Trinajstić information content (AvgIpc) is 2.96. The minimum absolute atomic E-state index is 0.0446. The van der Waals surface area contributed by atoms with Crippen LogP contribution < -0.4 is 9.47 Å². The molecule has 0 amide bonds. The van der Waals surface area contributed by atoms with E-state index in [1.807, 2.05) is 0 Å². The Hall–Kier alpha value is -1.55. The molecule has 1 saturated heterocycles. The van der Waals surface area contributed by atoms with E-state index in [9.17, 15) is 6.17 Å². The average molecular weight is 306 g/mol. The Labute approximate surface area is 140 Å². The maximum absolute atomic E-state index is 13.1. The van der Waals surface area contributed by atoms with Crippen molar-refractivity contribution in [3.8, 4) is 11.5 Å². The summed E-state index contributed by atoms with van der Waals surface area (Å²) in [5.74, 6) is -1.59. The van der Waals surface area contributed by atoms with E-state index in [1.165, 1.54) is 7.11 Å². The molecule has 116 valence electrons. The normalized spacial score (nSPS) is 51.0. The first-order valence-electron chi connectivity index (χ1n) is 11.0. The van der Waals surface area contributed by atoms with E-state index in [1.54, 1.807) is 11.9 Å². The molecule has 4 atom stereocenters. The van der Waals surface area contributed by atoms with Crippen LogP contribution in [0, 0.1) is 5.92 Å². The summed E-state index contributed by atoms with van der Waals surface area (Å²) in [6.45, 7) is 0.326. The third-order valence-corrected chi connectivity index (χ3v) is 5.55. The van der Waals surface area contributed by atoms with Crippen LogP contribution in [-0.4, -0.2) is 43.5 Å². The maximum atomic E-state index is 13.1. The van der Waals surface area contributed by atoms with Crippen molar-refractivity contribution in [2.45, 2.75) is 43.1 Å². The first kappa shape index (κ1) is 7.82. The molecule has 1 aromatic rings. The number of rotatable bonds is 1. The van der Waals surface area contributed by atoms with Crippen molar-refractivity contribution in [1.82, 2.24) is 4.90 Å². The highest BCUT2D eigenvalue weighted by Crippen LogP contribution is 2.62. The molecule has 4 nitrogen and oxygen atoms in total. The predicted octanol–water partition coefficient (Wildman–Crippen LogP) is 1.93. The summed E-state index contributed by atoms with van der Waals surface area (Å²) in [4.78, 5) is 14.6. The molecule has 0 radical (unpaired) electrons. The highest BCUT2D eigenvalue weighted by molar-refractivity contribution is 5.89. The van der Waals surface area contributed by atoms with Gasteiger partial charge in [0.1, 0.15) is 0 Å². The minimum Gasteiger partial charge on any atom is -0.493 e. The lowest BCUT2D eigenvalue weighted by Gasteiger charge is -2.57. The van der Waals surface area contributed by atoms with Crippen LogP contribution in [0.15, 0.2) is 12.1 Å². The van der Waals surface area contributed by atoms with Gasteiger partial charge >= 0.3 is 0 Å². The second kappa shape index (κ2) is 4.05. The van der Waals surface area contributed by atoms with Crippen molar-refractivity contribution >= 4 is 5.78 Å². The summed E-state index contributed by atoms with van der Waals surface area (Å²) in [5.41, 5.74) is -0.881. The van der Waals surface area contributed by atoms with Crippen molar-refractivity contribution in [3.05, 3.63) is 23.2 Å². The van der Waals surface area contributed by atoms with E-state index in [4.69, 9.17) is 17.7 Å². The van der Waals surface area contributed by atoms with Crippen molar-refractivity contribution in [2.24, 2.45) is 5.92 Å². The number of ether oxygens (including phenoxy) is 2. The fraction of sp³-hybridized carbons (Fsp3) is 0.611. The van der Waals surface area contributed by atoms with E-state index in [-0.39, 0.29) is 35.6 Å². The Morgan fingerprint density at radius 2 is 2.45 bits per heavy atom. The summed E-state index contributed by atoms with van der Waals surface area (Å²) >= 11 is 0. The lowest BCUT2D eigenvalue weighted by atomic mass is 9.52. The smallest absolute Gasteiger partial charge is 0.174 e. The topological polar surface area (TPSA) is 38.8 Å². The SMILES string of the molecule is [2H]c1c([2H])c2c3c(c1OC)OC1C(=O)C([2H])([2H])C[C@@H]4[C@@]31CCN(C)[C@]4([2H])C2([2H])[2H]. The van der Waals surface area contributed by atoms with Gasteiger partial charge in [0.25, 0.3) is 0 Å². The number of likely N-dealkylation sites (tertiary alicyclic amines) is 1. The third-order valence-electron chi connectivity index (χ3n) is 5.55. The molecule has 4 aliphatic rings. The first-order chi connectivity index (χ1) is 13.4. The third kappa shape index (κ3) is 1.27. The molecule has 4 heteroatoms. The molecule has 2 heterocycles. The number of carbonyl (C=O) groups is 1. The zero-order valence-electron chi connectivity index (χ0n) is 19.4. The zero-order valence-corrected chi connectivity index (χ0v) is 12.4. The fourth-order valence-corrected chi connectivity index (χ4v) is 4.56. The number of ketones is 1. The number of hydrogen-bond donors (Lipinski definition) is 0. The number of methoxy groups -OCH3 is 1. The van der Waals surface area contributed by atoms with Gasteiger partial charge in [-0.25, -0.2) is 0 Å². The molecule has 22 heavy (non-hydrogen) atoms. The second-order valence-electron chi connectivity index (χ2n) is 6.38. The first-order valence-corrected chi connectivity index (χ1v) is 7.51. The number of Topliss-reactive ketones (excluding diaryl/α,β-unsaturated/α-hetero) is 1. The highest BCUT2D eigenvalue weighted by atomic mass is 16.5. The number of carbonyl (C=O) groups excluding carboxylic acids is 1. The second-order valence-corrected chi connectivity index (χ2v) is 6.38. The molecule has 1 saturated carbocycles. The van der Waals surface area contributed by atoms with Crippen molar-refractivity contribution in [3.63, 3.8) is 0 Å². The van der Waals surface area contributed by atoms with Gasteiger partial charge in [-0.15, -0.1) is 0 Å². The number of hydrogen-bond acceptors (Lipinski definition) is 4. The number of likely N-dealkylation sites (N-methyl/N-ethyl adjacent to an activating group) is 1. The molecule has 1 aromatic carbocycles. The van der Waals surface area contributed by atoms with Crippen LogP contribution >= 0.6 is 0 Å². The molecule has 1 spiro atoms. The van der Waals surface area contributed by atoms with E-state index >= 15 is 0 Å². The van der Waals surface area contributed by atoms with Crippen LogP contribution in [0.25, 0.3) is 0 Å². The van der Waals surface area contributed by atoms with Crippen molar-refractivity contribution in [2.75, 3.05) is 20.7 Å². The van der Waals surface area contributed by atoms with Crippen LogP contribution in [0.5, 0.6) is 11.5 Å². The van der Waals surface area contributed by atoms with Crippen LogP contribution in [-0.2, 0) is 16.6 Å². The van der Waals surface area contributed by atoms with E-state index in [0.29, 0.717) is 18.5 Å². The lowest BCUT2D eigenvalue weighted by molar-refractivity contribution is -0.138. The molecule has 0 N–H and O–H groups in total. The van der Waals surface area contributed by atoms with Crippen molar-refractivity contribution in [1.29, 1.82) is 0 Å². The van der Waals surface area contributed by atoms with Crippen molar-refractivity contribution < 1.29 is 23.9 Å². The summed E-state index contributed by atoms with van der Waals surface area (Å²) < 4.78 is 71.8. The predicted molar refractivity (Wildman–Crippen MR) is 81.6 cm³/mol. The molecule has 0 aromatic heterocycles. The standard InChI is InChI=1S/C18H21NO3/c1-19-8-7-18-11-4-5-13(20)17(18)22-16-14(21-2)6-3-10(15(16)18)9-12(11)19/h3,6,11-12,17H,4-5,7-9H2,1-2H3/t11-,12+,17?,18-/m0/s1/i3D,5D2,6D,9D2,12D. The van der Waals surface area contributed by atoms with Gasteiger partial charge in [-0.3, -0.25) is 4.79 Å². The quantitative estimate of drug-likeness (QED) is 0.795. The minimum atomic E-state index is -2.38. The Kier molecular flexibility index (Phi) is 1.44. The molecule has 2 bridgehead atoms. The van der Waals surface area contributed by atoms with Gasteiger partial charge in [0, 0.05) is 30.2 Å². The summed E-state index contributed by atoms with van der Waals surface area (Å²) in [6, 6.07) is -2.65. The van der Waals surface area contributed by atoms with Crippen LogP contribution in [0.2, 0.25) is 0 Å². The Balaban J connectivity index is 1.97. The lowest BCUT2D eigenvalue weighted by Crippen LogP contribution is -2.65. The number of piperidine rings is 1. The van der Waals surface area contributed by atoms with E-state index in [2.05, 4.69) is 0 Å². The fourth-order valence-electron chi connectivity index (χ4n) is 4.56. The summed E-state index contributed by atoms with van der Waals surface area (Å²) in [5, 5.41) is 0. The van der Waals surface area contributed by atoms with Crippen LogP contribution in [0.4, 0.5) is 0 Å². The van der Waals surface area contributed by atoms with Gasteiger partial charge in [-0.05, 0) is 50.3 Å². The summed E-state index contributed by atoms with van der Waals surface area (Å²) in [6.07, 6.45) is -5.80. The largest absolute Gasteiger partial charge is 0.493 e. The van der Waals surface area contributed by atoms with Gasteiger partial charge < -0.3 is 14.4 Å². The molecule has 2 aliphatic carbocycles. The highest BCUT2D eigenvalue weighted by Gasteiger charge is 2.65. The van der Waals surface area contributed by atoms with Gasteiger partial charge in [0.2, 0.25) is 0 Å². The Morgan fingerprint density at radius 1 is 1.59 bits per heavy atom. The molecule has 1 unspecified atom stereocenters. The number of nitrogens with zero attached hydrogens (tertiary/aromatic N) is 1. The monoisotopic (exact) mass is 306 g/mol. The Morgan fingerprint density at radius 3 is 3.27 bits per heavy atom. The molecule has 5 rings (SSSR count). The Bertz CT molecular complexity index is 983. The molecule has 2 fully saturated rings. The molecular formula is C18H21NO3. The van der Waals surface area contributed by atoms with Gasteiger partial charge in [0.15, 0.2) is 23.4 Å². The van der Waals surface area contributed by atoms with Gasteiger partial charge in [0.05, 0.1) is 9.85 Å². The number of benzene rings is 1. The molecular weight excluding hydrogens is 278 g/mol. The van der Waals surface area contributed by atoms with E-state index < -0.39 is 42.0 Å². The van der Waals surface area contributed by atoms with Gasteiger partial charge in [-0.1, -0.05) is 6.04 Å². The van der Waals surface area contributed by atoms with Crippen LogP contribution in [0.1, 0.15) is 39.9 Å². The van der Waals surface area contributed by atoms with E-state index in [0.717, 1.165) is 0 Å². The zero-order chi connectivity index (χ0) is 21.3. The summed E-state index contributed by atoms with van der Waals surface area (Å²) in [7, 11) is 2.94. The molecule has 2 aliphatic heterocycles. The van der Waals surface area contributed by atoms with Gasteiger partial charge in [-0.2, -0.15) is 0 Å². The maximum Gasteiger partial charge on any atom is 0.174 e. The van der Waals surface area contributed by atoms with Crippen LogP contribution in [0.3, 0.4) is 0 Å².